The molecule has 2 aromatic heterocycles. The van der Waals surface area contributed by atoms with Crippen molar-refractivity contribution in [1.82, 2.24) is 20.3 Å². The number of aliphatic hydroxyl groups excluding tert-OH is 1. The van der Waals surface area contributed by atoms with Crippen LogP contribution in [-0.4, -0.2) is 38.6 Å². The van der Waals surface area contributed by atoms with Gasteiger partial charge in [0.25, 0.3) is 0 Å². The van der Waals surface area contributed by atoms with E-state index in [1.54, 1.807) is 18.6 Å². The molecule has 1 aliphatic carbocycles. The average Bonchev–Trinajstić information content (AvgIpc) is 3.02. The molecule has 2 aromatic rings. The lowest BCUT2D eigenvalue weighted by atomic mass is 9.87. The SMILES string of the molecule is O=C(Cc1csc(-c2cnccn2)n1)NCC1CCCC(O)C1. The highest BCUT2D eigenvalue weighted by atomic mass is 32.1. The van der Waals surface area contributed by atoms with Gasteiger partial charge in [0.15, 0.2) is 0 Å². The number of amides is 1. The first-order valence-electron chi connectivity index (χ1n) is 7.86. The maximum absolute atomic E-state index is 12.0. The van der Waals surface area contributed by atoms with Crippen LogP contribution in [0.3, 0.4) is 0 Å². The van der Waals surface area contributed by atoms with Crippen molar-refractivity contribution >= 4 is 17.2 Å². The summed E-state index contributed by atoms with van der Waals surface area (Å²) >= 11 is 1.46. The summed E-state index contributed by atoms with van der Waals surface area (Å²) in [5.74, 6) is 0.356. The van der Waals surface area contributed by atoms with E-state index in [0.717, 1.165) is 42.1 Å². The highest BCUT2D eigenvalue weighted by Gasteiger charge is 2.20. The van der Waals surface area contributed by atoms with Crippen molar-refractivity contribution in [3.63, 3.8) is 0 Å². The van der Waals surface area contributed by atoms with Gasteiger partial charge in [0.1, 0.15) is 10.7 Å². The van der Waals surface area contributed by atoms with Gasteiger partial charge in [-0.25, -0.2) is 4.98 Å². The number of hydrogen-bond acceptors (Lipinski definition) is 6. The summed E-state index contributed by atoms with van der Waals surface area (Å²) in [6, 6.07) is 0. The minimum Gasteiger partial charge on any atom is -0.393 e. The Morgan fingerprint density at radius 3 is 3.09 bits per heavy atom. The van der Waals surface area contributed by atoms with E-state index in [4.69, 9.17) is 0 Å². The van der Waals surface area contributed by atoms with Crippen LogP contribution in [0.1, 0.15) is 31.4 Å². The van der Waals surface area contributed by atoms with Crippen LogP contribution in [0.2, 0.25) is 0 Å². The summed E-state index contributed by atoms with van der Waals surface area (Å²) in [5, 5.41) is 15.3. The van der Waals surface area contributed by atoms with Gasteiger partial charge < -0.3 is 10.4 Å². The first-order chi connectivity index (χ1) is 11.2. The summed E-state index contributed by atoms with van der Waals surface area (Å²) in [4.78, 5) is 24.7. The number of aliphatic hydroxyl groups is 1. The van der Waals surface area contributed by atoms with Crippen LogP contribution in [0.4, 0.5) is 0 Å². The van der Waals surface area contributed by atoms with E-state index < -0.39 is 0 Å². The van der Waals surface area contributed by atoms with Gasteiger partial charge in [0.2, 0.25) is 5.91 Å². The number of carbonyl (C=O) groups excluding carboxylic acids is 1. The molecule has 1 fully saturated rings. The Morgan fingerprint density at radius 1 is 1.39 bits per heavy atom. The normalized spacial score (nSPS) is 21.1. The summed E-state index contributed by atoms with van der Waals surface area (Å²) in [6.45, 7) is 0.636. The molecule has 2 heterocycles. The topological polar surface area (TPSA) is 88.0 Å². The number of carbonyl (C=O) groups is 1. The summed E-state index contributed by atoms with van der Waals surface area (Å²) in [5.41, 5.74) is 1.47. The number of hydrogen-bond donors (Lipinski definition) is 2. The van der Waals surface area contributed by atoms with Gasteiger partial charge in [0, 0.05) is 24.3 Å². The predicted octanol–water partition coefficient (Wildman–Crippen LogP) is 1.81. The zero-order valence-electron chi connectivity index (χ0n) is 12.8. The Kier molecular flexibility index (Phi) is 5.30. The minimum atomic E-state index is -0.210. The third-order valence-electron chi connectivity index (χ3n) is 4.02. The maximum Gasteiger partial charge on any atom is 0.226 e. The van der Waals surface area contributed by atoms with Gasteiger partial charge in [-0.1, -0.05) is 6.42 Å². The molecule has 2 N–H and O–H groups in total. The van der Waals surface area contributed by atoms with Crippen molar-refractivity contribution in [2.24, 2.45) is 5.92 Å². The summed E-state index contributed by atoms with van der Waals surface area (Å²) in [7, 11) is 0. The lowest BCUT2D eigenvalue weighted by Gasteiger charge is -2.25. The van der Waals surface area contributed by atoms with E-state index >= 15 is 0 Å². The Balaban J connectivity index is 1.49. The van der Waals surface area contributed by atoms with Gasteiger partial charge in [-0.05, 0) is 25.2 Å². The number of rotatable bonds is 5. The van der Waals surface area contributed by atoms with Crippen LogP contribution in [0, 0.1) is 5.92 Å². The molecule has 1 saturated carbocycles. The van der Waals surface area contributed by atoms with Gasteiger partial charge in [-0.3, -0.25) is 14.8 Å². The summed E-state index contributed by atoms with van der Waals surface area (Å²) < 4.78 is 0. The highest BCUT2D eigenvalue weighted by molar-refractivity contribution is 7.13. The first-order valence-corrected chi connectivity index (χ1v) is 8.74. The van der Waals surface area contributed by atoms with Crippen LogP contribution < -0.4 is 5.32 Å². The van der Waals surface area contributed by atoms with Gasteiger partial charge in [-0.15, -0.1) is 11.3 Å². The lowest BCUT2D eigenvalue weighted by molar-refractivity contribution is -0.120. The van der Waals surface area contributed by atoms with Crippen molar-refractivity contribution in [3.8, 4) is 10.7 Å². The van der Waals surface area contributed by atoms with E-state index in [2.05, 4.69) is 20.3 Å². The Labute approximate surface area is 139 Å². The second-order valence-electron chi connectivity index (χ2n) is 5.90. The molecule has 23 heavy (non-hydrogen) atoms. The van der Waals surface area contributed by atoms with Crippen LogP contribution in [0.5, 0.6) is 0 Å². The molecule has 0 bridgehead atoms. The molecule has 122 valence electrons. The molecule has 0 radical (unpaired) electrons. The molecule has 6 nitrogen and oxygen atoms in total. The van der Waals surface area contributed by atoms with Gasteiger partial charge in [-0.2, -0.15) is 0 Å². The van der Waals surface area contributed by atoms with Crippen molar-refractivity contribution in [2.45, 2.75) is 38.2 Å². The molecule has 0 aromatic carbocycles. The van der Waals surface area contributed by atoms with Crippen LogP contribution >= 0.6 is 11.3 Å². The molecule has 1 amide bonds. The second kappa shape index (κ2) is 7.61. The summed E-state index contributed by atoms with van der Waals surface area (Å²) in [6.07, 6.45) is 8.75. The number of thiazole rings is 1. The fraction of sp³-hybridized carbons (Fsp3) is 0.500. The van der Waals surface area contributed by atoms with Crippen molar-refractivity contribution in [2.75, 3.05) is 6.54 Å². The van der Waals surface area contributed by atoms with E-state index in [-0.39, 0.29) is 18.4 Å². The standard InChI is InChI=1S/C16H20N4O2S/c21-13-3-1-2-11(6-13)8-19-15(22)7-12-10-23-16(20-12)14-9-17-4-5-18-14/h4-5,9-11,13,21H,1-3,6-8H2,(H,19,22). The zero-order valence-corrected chi connectivity index (χ0v) is 13.6. The third-order valence-corrected chi connectivity index (χ3v) is 4.93. The molecule has 0 saturated heterocycles. The smallest absolute Gasteiger partial charge is 0.226 e. The Bertz CT molecular complexity index is 647. The molecular formula is C16H20N4O2S. The lowest BCUT2D eigenvalue weighted by Crippen LogP contribution is -2.33. The fourth-order valence-corrected chi connectivity index (χ4v) is 3.63. The van der Waals surface area contributed by atoms with Crippen molar-refractivity contribution in [3.05, 3.63) is 29.7 Å². The molecule has 2 unspecified atom stereocenters. The zero-order chi connectivity index (χ0) is 16.1. The Hall–Kier alpha value is -1.86. The van der Waals surface area contributed by atoms with Gasteiger partial charge in [0.05, 0.1) is 24.4 Å². The molecule has 0 spiro atoms. The number of nitrogens with one attached hydrogen (secondary N) is 1. The van der Waals surface area contributed by atoms with E-state index in [1.807, 2.05) is 5.38 Å². The van der Waals surface area contributed by atoms with Crippen molar-refractivity contribution in [1.29, 1.82) is 0 Å². The second-order valence-corrected chi connectivity index (χ2v) is 6.76. The Morgan fingerprint density at radius 2 is 2.30 bits per heavy atom. The minimum absolute atomic E-state index is 0.0268. The fourth-order valence-electron chi connectivity index (χ4n) is 2.85. The number of aromatic nitrogens is 3. The first kappa shape index (κ1) is 16.0. The molecule has 3 rings (SSSR count). The van der Waals surface area contributed by atoms with Crippen LogP contribution in [0.25, 0.3) is 10.7 Å². The van der Waals surface area contributed by atoms with E-state index in [9.17, 15) is 9.90 Å². The largest absolute Gasteiger partial charge is 0.393 e. The molecular weight excluding hydrogens is 312 g/mol. The quantitative estimate of drug-likeness (QED) is 0.872. The van der Waals surface area contributed by atoms with E-state index in [1.165, 1.54) is 11.3 Å². The molecule has 7 heteroatoms. The average molecular weight is 332 g/mol. The number of nitrogens with zero attached hydrogens (tertiary/aromatic N) is 3. The maximum atomic E-state index is 12.0. The van der Waals surface area contributed by atoms with Crippen molar-refractivity contribution < 1.29 is 9.90 Å². The van der Waals surface area contributed by atoms with E-state index in [0.29, 0.717) is 12.5 Å². The van der Waals surface area contributed by atoms with Gasteiger partial charge >= 0.3 is 0 Å². The predicted molar refractivity (Wildman–Crippen MR) is 87.8 cm³/mol. The third kappa shape index (κ3) is 4.56. The molecule has 1 aliphatic rings. The molecule has 2 atom stereocenters. The highest BCUT2D eigenvalue weighted by Crippen LogP contribution is 2.24. The van der Waals surface area contributed by atoms with Crippen LogP contribution in [0.15, 0.2) is 24.0 Å². The van der Waals surface area contributed by atoms with Crippen LogP contribution in [-0.2, 0) is 11.2 Å². The molecule has 0 aliphatic heterocycles. The monoisotopic (exact) mass is 332 g/mol.